The number of benzene rings is 2. The molecule has 0 N–H and O–H groups in total. The second-order valence-corrected chi connectivity index (χ2v) is 9.12. The number of halogens is 1. The molecular formula is C22H23ClN2OS. The van der Waals surface area contributed by atoms with Gasteiger partial charge in [-0.15, -0.1) is 0 Å². The van der Waals surface area contributed by atoms with E-state index < -0.39 is 0 Å². The highest BCUT2D eigenvalue weighted by atomic mass is 35.5. The Bertz CT molecular complexity index is 967. The summed E-state index contributed by atoms with van der Waals surface area (Å²) in [6.45, 7) is 10.3. The van der Waals surface area contributed by atoms with E-state index in [-0.39, 0.29) is 11.3 Å². The van der Waals surface area contributed by atoms with Crippen LogP contribution in [0.15, 0.2) is 58.3 Å². The molecular weight excluding hydrogens is 376 g/mol. The van der Waals surface area contributed by atoms with E-state index in [4.69, 9.17) is 11.6 Å². The molecule has 1 heterocycles. The maximum Gasteiger partial charge on any atom is 0.278 e. The fourth-order valence-corrected chi connectivity index (χ4v) is 3.89. The van der Waals surface area contributed by atoms with Gasteiger partial charge in [0.05, 0.1) is 16.3 Å². The Labute approximate surface area is 169 Å². The van der Waals surface area contributed by atoms with Crippen LogP contribution in [0.3, 0.4) is 0 Å². The molecule has 5 heteroatoms. The van der Waals surface area contributed by atoms with Gasteiger partial charge in [-0.25, -0.2) is 0 Å². The summed E-state index contributed by atoms with van der Waals surface area (Å²) in [7, 11) is 0. The summed E-state index contributed by atoms with van der Waals surface area (Å²) in [5, 5.41) is 5.20. The van der Waals surface area contributed by atoms with Gasteiger partial charge in [-0.2, -0.15) is 9.78 Å². The quantitative estimate of drug-likeness (QED) is 0.519. The first-order valence-corrected chi connectivity index (χ1v) is 10.0. The number of aromatic nitrogens is 2. The van der Waals surface area contributed by atoms with Gasteiger partial charge in [0.15, 0.2) is 0 Å². The summed E-state index contributed by atoms with van der Waals surface area (Å²) in [6.07, 6.45) is 0. The Hall–Kier alpha value is -2.04. The zero-order chi connectivity index (χ0) is 19.8. The van der Waals surface area contributed by atoms with E-state index in [0.29, 0.717) is 10.6 Å². The molecule has 0 atom stereocenters. The van der Waals surface area contributed by atoms with Gasteiger partial charge in [0.1, 0.15) is 0 Å². The summed E-state index contributed by atoms with van der Waals surface area (Å²) in [6, 6.07) is 15.5. The lowest BCUT2D eigenvalue weighted by Gasteiger charge is -2.19. The molecule has 3 nitrogen and oxygen atoms in total. The molecule has 0 aliphatic carbocycles. The molecule has 3 rings (SSSR count). The molecule has 0 aliphatic rings. The number of hydrogen-bond acceptors (Lipinski definition) is 3. The predicted octanol–water partition coefficient (Wildman–Crippen LogP) is 6.29. The summed E-state index contributed by atoms with van der Waals surface area (Å²) in [4.78, 5) is 15.0. The van der Waals surface area contributed by atoms with E-state index in [9.17, 15) is 4.79 Å². The van der Waals surface area contributed by atoms with E-state index >= 15 is 0 Å². The van der Waals surface area contributed by atoms with Gasteiger partial charge < -0.3 is 0 Å². The van der Waals surface area contributed by atoms with E-state index in [2.05, 4.69) is 25.9 Å². The summed E-state index contributed by atoms with van der Waals surface area (Å²) >= 11 is 7.55. The van der Waals surface area contributed by atoms with Crippen LogP contribution in [0.2, 0.25) is 5.02 Å². The van der Waals surface area contributed by atoms with E-state index in [0.717, 1.165) is 21.2 Å². The number of rotatable bonds is 3. The Morgan fingerprint density at radius 1 is 1.00 bits per heavy atom. The fraction of sp³-hybridized carbons (Fsp3) is 0.273. The molecule has 0 bridgehead atoms. The molecule has 0 aliphatic heterocycles. The van der Waals surface area contributed by atoms with Crippen molar-refractivity contribution < 1.29 is 4.79 Å². The minimum atomic E-state index is -0.112. The second-order valence-electron chi connectivity index (χ2n) is 7.60. The van der Waals surface area contributed by atoms with Crippen LogP contribution in [0.25, 0.3) is 0 Å². The summed E-state index contributed by atoms with van der Waals surface area (Å²) < 4.78 is 1.50. The van der Waals surface area contributed by atoms with Crippen molar-refractivity contribution in [2.75, 3.05) is 0 Å². The first-order valence-electron chi connectivity index (χ1n) is 8.81. The SMILES string of the molecule is Cc1nn(C(=O)c2ccc(C(C)(C)C)cc2)c(C)c1Sc1ccc(Cl)cc1. The van der Waals surface area contributed by atoms with Gasteiger partial charge in [-0.1, -0.05) is 56.3 Å². The smallest absolute Gasteiger partial charge is 0.267 e. The summed E-state index contributed by atoms with van der Waals surface area (Å²) in [5.74, 6) is -0.112. The molecule has 0 fully saturated rings. The van der Waals surface area contributed by atoms with E-state index in [1.807, 2.05) is 62.4 Å². The van der Waals surface area contributed by atoms with Crippen LogP contribution >= 0.6 is 23.4 Å². The van der Waals surface area contributed by atoms with Crippen molar-refractivity contribution >= 4 is 29.3 Å². The minimum absolute atomic E-state index is 0.0577. The van der Waals surface area contributed by atoms with Crippen LogP contribution < -0.4 is 0 Å². The van der Waals surface area contributed by atoms with Gasteiger partial charge in [0.25, 0.3) is 5.91 Å². The van der Waals surface area contributed by atoms with Gasteiger partial charge in [-0.3, -0.25) is 4.79 Å². The normalized spacial score (nSPS) is 11.6. The van der Waals surface area contributed by atoms with Gasteiger partial charge in [-0.05, 0) is 61.2 Å². The van der Waals surface area contributed by atoms with Crippen molar-refractivity contribution in [3.05, 3.63) is 76.1 Å². The summed E-state index contributed by atoms with van der Waals surface area (Å²) in [5.41, 5.74) is 3.58. The van der Waals surface area contributed by atoms with Crippen molar-refractivity contribution in [2.24, 2.45) is 0 Å². The minimum Gasteiger partial charge on any atom is -0.267 e. The monoisotopic (exact) mass is 398 g/mol. The Kier molecular flexibility index (Phi) is 5.50. The molecule has 27 heavy (non-hydrogen) atoms. The molecule has 0 spiro atoms. The van der Waals surface area contributed by atoms with E-state index in [1.54, 1.807) is 11.8 Å². The van der Waals surface area contributed by atoms with Crippen molar-refractivity contribution in [3.8, 4) is 0 Å². The Morgan fingerprint density at radius 3 is 2.15 bits per heavy atom. The number of carbonyl (C=O) groups excluding carboxylic acids is 1. The number of aryl methyl sites for hydroxylation is 1. The third kappa shape index (κ3) is 4.28. The van der Waals surface area contributed by atoms with Crippen LogP contribution in [0.5, 0.6) is 0 Å². The third-order valence-corrected chi connectivity index (χ3v) is 6.00. The van der Waals surface area contributed by atoms with Crippen LogP contribution in [-0.4, -0.2) is 15.7 Å². The number of carbonyl (C=O) groups is 1. The maximum atomic E-state index is 13.0. The Morgan fingerprint density at radius 2 is 1.59 bits per heavy atom. The molecule has 140 valence electrons. The lowest BCUT2D eigenvalue weighted by Crippen LogP contribution is -2.16. The molecule has 0 saturated heterocycles. The Balaban J connectivity index is 1.89. The molecule has 0 amide bonds. The lowest BCUT2D eigenvalue weighted by atomic mass is 9.87. The zero-order valence-electron chi connectivity index (χ0n) is 16.2. The fourth-order valence-electron chi connectivity index (χ4n) is 2.83. The first-order chi connectivity index (χ1) is 12.7. The molecule has 0 radical (unpaired) electrons. The van der Waals surface area contributed by atoms with Crippen LogP contribution in [0.1, 0.15) is 48.1 Å². The second kappa shape index (κ2) is 7.53. The molecule has 1 aromatic heterocycles. The van der Waals surface area contributed by atoms with Crippen molar-refractivity contribution in [1.29, 1.82) is 0 Å². The molecule has 0 unspecified atom stereocenters. The predicted molar refractivity (Wildman–Crippen MR) is 112 cm³/mol. The largest absolute Gasteiger partial charge is 0.278 e. The molecule has 3 aromatic rings. The zero-order valence-corrected chi connectivity index (χ0v) is 17.8. The highest BCUT2D eigenvalue weighted by Crippen LogP contribution is 2.33. The van der Waals surface area contributed by atoms with Crippen LogP contribution in [0, 0.1) is 13.8 Å². The van der Waals surface area contributed by atoms with Crippen molar-refractivity contribution in [1.82, 2.24) is 9.78 Å². The van der Waals surface area contributed by atoms with Crippen LogP contribution in [0.4, 0.5) is 0 Å². The lowest BCUT2D eigenvalue weighted by molar-refractivity contribution is 0.0942. The van der Waals surface area contributed by atoms with Crippen molar-refractivity contribution in [2.45, 2.75) is 49.8 Å². The number of nitrogens with zero attached hydrogens (tertiary/aromatic N) is 2. The molecule has 2 aromatic carbocycles. The average Bonchev–Trinajstić information content (AvgIpc) is 2.90. The van der Waals surface area contributed by atoms with Gasteiger partial charge in [0, 0.05) is 15.5 Å². The van der Waals surface area contributed by atoms with E-state index in [1.165, 1.54) is 10.2 Å². The highest BCUT2D eigenvalue weighted by molar-refractivity contribution is 7.99. The standard InChI is InChI=1S/C22H23ClN2OS/c1-14-20(27-19-12-10-18(23)11-13-19)15(2)25(24-14)21(26)16-6-8-17(9-7-16)22(3,4)5/h6-13H,1-5H3. The maximum absolute atomic E-state index is 13.0. The molecule has 0 saturated carbocycles. The highest BCUT2D eigenvalue weighted by Gasteiger charge is 2.20. The van der Waals surface area contributed by atoms with Crippen molar-refractivity contribution in [3.63, 3.8) is 0 Å². The average molecular weight is 399 g/mol. The van der Waals surface area contributed by atoms with Crippen LogP contribution in [-0.2, 0) is 5.41 Å². The first kappa shape index (κ1) is 19.7. The van der Waals surface area contributed by atoms with Gasteiger partial charge >= 0.3 is 0 Å². The van der Waals surface area contributed by atoms with Gasteiger partial charge in [0.2, 0.25) is 0 Å². The third-order valence-electron chi connectivity index (χ3n) is 4.45. The number of hydrogen-bond donors (Lipinski definition) is 0. The topological polar surface area (TPSA) is 34.9 Å².